The van der Waals surface area contributed by atoms with Crippen molar-refractivity contribution in [2.24, 2.45) is 5.92 Å². The molecular weight excluding hydrogens is 470 g/mol. The molecule has 1 aliphatic rings. The minimum atomic E-state index is -0.970. The van der Waals surface area contributed by atoms with E-state index in [1.165, 1.54) is 11.8 Å². The zero-order chi connectivity index (χ0) is 24.9. The molecular formula is C27H24ClNO6. The molecule has 8 heteroatoms. The van der Waals surface area contributed by atoms with Gasteiger partial charge in [-0.1, -0.05) is 11.6 Å². The fraction of sp³-hybridized carbons (Fsp3) is 0.222. The average molecular weight is 494 g/mol. The van der Waals surface area contributed by atoms with Gasteiger partial charge >= 0.3 is 5.97 Å². The summed E-state index contributed by atoms with van der Waals surface area (Å²) in [4.78, 5) is 39.3. The smallest absolute Gasteiger partial charge is 0.312 e. The van der Waals surface area contributed by atoms with Crippen LogP contribution in [0.1, 0.15) is 23.7 Å². The van der Waals surface area contributed by atoms with Crippen LogP contribution in [-0.4, -0.2) is 37.4 Å². The lowest BCUT2D eigenvalue weighted by atomic mass is 10.1. The van der Waals surface area contributed by atoms with Gasteiger partial charge in [-0.15, -0.1) is 0 Å². The molecule has 1 amide bonds. The number of amides is 1. The van der Waals surface area contributed by atoms with E-state index in [0.29, 0.717) is 27.8 Å². The summed E-state index contributed by atoms with van der Waals surface area (Å²) in [7, 11) is 1.60. The molecule has 0 unspecified atom stereocenters. The van der Waals surface area contributed by atoms with Gasteiger partial charge in [0.2, 0.25) is 11.7 Å². The molecule has 0 N–H and O–H groups in total. The molecule has 3 aromatic rings. The van der Waals surface area contributed by atoms with Crippen molar-refractivity contribution < 1.29 is 28.6 Å². The maximum atomic E-state index is 12.7. The maximum Gasteiger partial charge on any atom is 0.312 e. The quantitative estimate of drug-likeness (QED) is 0.312. The largest absolute Gasteiger partial charge is 0.497 e. The minimum absolute atomic E-state index is 0.0186. The summed E-state index contributed by atoms with van der Waals surface area (Å²) >= 11 is 5.85. The van der Waals surface area contributed by atoms with Crippen LogP contribution in [0.2, 0.25) is 5.02 Å². The van der Waals surface area contributed by atoms with Gasteiger partial charge in [-0.2, -0.15) is 0 Å². The molecule has 1 fully saturated rings. The number of methoxy groups -OCH3 is 1. The lowest BCUT2D eigenvalue weighted by Crippen LogP contribution is -2.30. The van der Waals surface area contributed by atoms with Crippen LogP contribution in [0.4, 0.5) is 5.69 Å². The number of anilines is 1. The van der Waals surface area contributed by atoms with Gasteiger partial charge < -0.3 is 19.1 Å². The highest BCUT2D eigenvalue weighted by Crippen LogP contribution is 2.30. The van der Waals surface area contributed by atoms with Crippen molar-refractivity contribution in [1.29, 1.82) is 0 Å². The molecule has 0 radical (unpaired) electrons. The van der Waals surface area contributed by atoms with E-state index < -0.39 is 18.0 Å². The van der Waals surface area contributed by atoms with Crippen molar-refractivity contribution in [2.45, 2.75) is 19.4 Å². The van der Waals surface area contributed by atoms with Crippen LogP contribution in [0.5, 0.6) is 17.2 Å². The summed E-state index contributed by atoms with van der Waals surface area (Å²) in [6.07, 6.45) is -0.952. The molecule has 180 valence electrons. The number of benzene rings is 3. The maximum absolute atomic E-state index is 12.7. The molecule has 0 saturated carbocycles. The molecule has 4 rings (SSSR count). The lowest BCUT2D eigenvalue weighted by Gasteiger charge is -2.18. The third-order valence-electron chi connectivity index (χ3n) is 5.69. The molecule has 0 aliphatic carbocycles. The van der Waals surface area contributed by atoms with E-state index in [4.69, 9.17) is 25.8 Å². The van der Waals surface area contributed by atoms with Crippen LogP contribution < -0.4 is 14.4 Å². The van der Waals surface area contributed by atoms with E-state index in [2.05, 4.69) is 0 Å². The zero-order valence-corrected chi connectivity index (χ0v) is 20.0. The van der Waals surface area contributed by atoms with Crippen molar-refractivity contribution in [1.82, 2.24) is 0 Å². The summed E-state index contributed by atoms with van der Waals surface area (Å²) < 4.78 is 16.3. The van der Waals surface area contributed by atoms with Crippen molar-refractivity contribution in [3.8, 4) is 17.2 Å². The van der Waals surface area contributed by atoms with Crippen molar-refractivity contribution in [3.63, 3.8) is 0 Å². The Morgan fingerprint density at radius 1 is 0.914 bits per heavy atom. The lowest BCUT2D eigenvalue weighted by molar-refractivity contribution is -0.151. The van der Waals surface area contributed by atoms with Gasteiger partial charge in [0.05, 0.1) is 13.0 Å². The number of ether oxygens (including phenoxy) is 3. The van der Waals surface area contributed by atoms with E-state index in [1.54, 1.807) is 79.9 Å². The Labute approximate surface area is 208 Å². The number of carbonyl (C=O) groups is 3. The second kappa shape index (κ2) is 10.6. The Kier molecular flexibility index (Phi) is 7.36. The Morgan fingerprint density at radius 3 is 2.09 bits per heavy atom. The van der Waals surface area contributed by atoms with Crippen LogP contribution in [0.25, 0.3) is 0 Å². The fourth-order valence-corrected chi connectivity index (χ4v) is 3.89. The molecule has 1 saturated heterocycles. The Balaban J connectivity index is 1.34. The molecule has 3 aromatic carbocycles. The summed E-state index contributed by atoms with van der Waals surface area (Å²) in [5.74, 6) is 0.249. The first kappa shape index (κ1) is 24.3. The van der Waals surface area contributed by atoms with Crippen LogP contribution in [0, 0.1) is 5.92 Å². The number of rotatable bonds is 8. The molecule has 35 heavy (non-hydrogen) atoms. The molecule has 7 nitrogen and oxygen atoms in total. The topological polar surface area (TPSA) is 82.1 Å². The first-order valence-corrected chi connectivity index (χ1v) is 11.4. The van der Waals surface area contributed by atoms with E-state index in [1.807, 2.05) is 0 Å². The van der Waals surface area contributed by atoms with Crippen molar-refractivity contribution >= 4 is 34.9 Å². The summed E-state index contributed by atoms with van der Waals surface area (Å²) in [6.45, 7) is 1.70. The SMILES string of the molecule is COc1ccc(Oc2ccc(N3C[C@H](C(=O)O[C@H](C)C(=O)c4ccc(Cl)cc4)CC3=O)cc2)cc1. The predicted molar refractivity (Wildman–Crippen MR) is 131 cm³/mol. The van der Waals surface area contributed by atoms with Crippen molar-refractivity contribution in [2.75, 3.05) is 18.6 Å². The van der Waals surface area contributed by atoms with Gasteiger partial charge in [-0.05, 0) is 79.7 Å². The number of nitrogens with zero attached hydrogens (tertiary/aromatic N) is 1. The van der Waals surface area contributed by atoms with Gasteiger partial charge in [-0.3, -0.25) is 14.4 Å². The number of esters is 1. The van der Waals surface area contributed by atoms with Gasteiger partial charge in [0.15, 0.2) is 6.10 Å². The highest BCUT2D eigenvalue weighted by molar-refractivity contribution is 6.30. The number of Topliss-reactive ketones (excluding diaryl/α,β-unsaturated/α-hetero) is 1. The molecule has 0 aromatic heterocycles. The Morgan fingerprint density at radius 2 is 1.49 bits per heavy atom. The average Bonchev–Trinajstić information content (AvgIpc) is 3.26. The third-order valence-corrected chi connectivity index (χ3v) is 5.94. The normalized spacial score (nSPS) is 16.0. The summed E-state index contributed by atoms with van der Waals surface area (Å²) in [6, 6.07) is 20.6. The van der Waals surface area contributed by atoms with Gasteiger partial charge in [0.25, 0.3) is 0 Å². The van der Waals surface area contributed by atoms with E-state index in [0.717, 1.165) is 5.75 Å². The monoisotopic (exact) mass is 493 g/mol. The first-order chi connectivity index (χ1) is 16.8. The second-order valence-corrected chi connectivity index (χ2v) is 8.56. The standard InChI is InChI=1S/C27H24ClNO6/c1-17(26(31)18-3-5-20(28)6-4-18)34-27(32)19-15-25(30)29(16-19)21-7-9-23(10-8-21)35-24-13-11-22(33-2)12-14-24/h3-14,17,19H,15-16H2,1-2H3/t17-,19-/m1/s1. The van der Waals surface area contributed by atoms with Crippen LogP contribution in [0.15, 0.2) is 72.8 Å². The van der Waals surface area contributed by atoms with Gasteiger partial charge in [0.1, 0.15) is 17.2 Å². The van der Waals surface area contributed by atoms with E-state index in [-0.39, 0.29) is 24.7 Å². The number of hydrogen-bond acceptors (Lipinski definition) is 6. The highest BCUT2D eigenvalue weighted by Gasteiger charge is 2.37. The van der Waals surface area contributed by atoms with E-state index in [9.17, 15) is 14.4 Å². The van der Waals surface area contributed by atoms with Crippen LogP contribution in [0.3, 0.4) is 0 Å². The number of ketones is 1. The zero-order valence-electron chi connectivity index (χ0n) is 19.3. The molecule has 0 bridgehead atoms. The fourth-order valence-electron chi connectivity index (χ4n) is 3.76. The highest BCUT2D eigenvalue weighted by atomic mass is 35.5. The number of hydrogen-bond donors (Lipinski definition) is 0. The molecule has 2 atom stereocenters. The van der Waals surface area contributed by atoms with Crippen molar-refractivity contribution in [3.05, 3.63) is 83.4 Å². The molecule has 1 heterocycles. The number of carbonyl (C=O) groups excluding carboxylic acids is 3. The summed E-state index contributed by atoms with van der Waals surface area (Å²) in [5, 5.41) is 0.510. The Hall–Kier alpha value is -3.84. The second-order valence-electron chi connectivity index (χ2n) is 8.13. The Bertz CT molecular complexity index is 1210. The molecule has 1 aliphatic heterocycles. The van der Waals surface area contributed by atoms with Crippen LogP contribution >= 0.6 is 11.6 Å². The third kappa shape index (κ3) is 5.81. The first-order valence-electron chi connectivity index (χ1n) is 11.1. The minimum Gasteiger partial charge on any atom is -0.497 e. The van der Waals surface area contributed by atoms with E-state index >= 15 is 0 Å². The summed E-state index contributed by atoms with van der Waals surface area (Å²) in [5.41, 5.74) is 1.05. The predicted octanol–water partition coefficient (Wildman–Crippen LogP) is 5.31. The molecule has 0 spiro atoms. The number of halogens is 1. The van der Waals surface area contributed by atoms with Crippen LogP contribution in [-0.2, 0) is 14.3 Å². The van der Waals surface area contributed by atoms with Gasteiger partial charge in [0, 0.05) is 29.2 Å². The van der Waals surface area contributed by atoms with Gasteiger partial charge in [-0.25, -0.2) is 0 Å².